The number of nitrogen functional groups attached to an aromatic ring is 1. The van der Waals surface area contributed by atoms with E-state index in [1.54, 1.807) is 6.20 Å². The monoisotopic (exact) mass is 193 g/mol. The van der Waals surface area contributed by atoms with E-state index in [1.807, 2.05) is 6.07 Å². The third kappa shape index (κ3) is 2.01. The molecule has 1 fully saturated rings. The van der Waals surface area contributed by atoms with E-state index in [9.17, 15) is 5.11 Å². The molecule has 1 aromatic rings. The van der Waals surface area contributed by atoms with E-state index >= 15 is 0 Å². The lowest BCUT2D eigenvalue weighted by atomic mass is 9.85. The number of rotatable bonds is 1. The van der Waals surface area contributed by atoms with Crippen molar-refractivity contribution in [2.24, 2.45) is 0 Å². The Hall–Kier alpha value is -1.16. The summed E-state index contributed by atoms with van der Waals surface area (Å²) in [5.74, 6) is 0.789. The van der Waals surface area contributed by atoms with Gasteiger partial charge in [-0.3, -0.25) is 0 Å². The first-order chi connectivity index (χ1) is 6.75. The molecule has 1 heterocycles. The SMILES string of the molecule is Nc1nccc(C2CCC(O)CC2)n1. The zero-order valence-corrected chi connectivity index (χ0v) is 8.06. The zero-order chi connectivity index (χ0) is 9.97. The topological polar surface area (TPSA) is 72.0 Å². The Morgan fingerprint density at radius 3 is 2.64 bits per heavy atom. The molecule has 76 valence electrons. The van der Waals surface area contributed by atoms with E-state index in [-0.39, 0.29) is 6.10 Å². The van der Waals surface area contributed by atoms with Gasteiger partial charge in [0.1, 0.15) is 0 Å². The fraction of sp³-hybridized carbons (Fsp3) is 0.600. The highest BCUT2D eigenvalue weighted by Gasteiger charge is 2.21. The van der Waals surface area contributed by atoms with Crippen LogP contribution in [0.1, 0.15) is 37.3 Å². The predicted molar refractivity (Wildman–Crippen MR) is 53.7 cm³/mol. The highest BCUT2D eigenvalue weighted by Crippen LogP contribution is 2.31. The Morgan fingerprint density at radius 1 is 1.29 bits per heavy atom. The first-order valence-corrected chi connectivity index (χ1v) is 5.02. The van der Waals surface area contributed by atoms with Gasteiger partial charge in [-0.05, 0) is 31.7 Å². The van der Waals surface area contributed by atoms with Gasteiger partial charge in [-0.15, -0.1) is 0 Å². The van der Waals surface area contributed by atoms with Gasteiger partial charge in [0.25, 0.3) is 0 Å². The minimum Gasteiger partial charge on any atom is -0.393 e. The molecule has 0 bridgehead atoms. The van der Waals surface area contributed by atoms with E-state index in [2.05, 4.69) is 9.97 Å². The molecule has 0 aliphatic heterocycles. The summed E-state index contributed by atoms with van der Waals surface area (Å²) in [6.45, 7) is 0. The number of nitrogens with zero attached hydrogens (tertiary/aromatic N) is 2. The molecule has 2 rings (SSSR count). The molecule has 1 aliphatic rings. The zero-order valence-electron chi connectivity index (χ0n) is 8.06. The third-order valence-electron chi connectivity index (χ3n) is 2.81. The molecule has 1 aromatic heterocycles. The molecule has 0 aromatic carbocycles. The maximum Gasteiger partial charge on any atom is 0.220 e. The van der Waals surface area contributed by atoms with Crippen LogP contribution in [0.15, 0.2) is 12.3 Å². The second kappa shape index (κ2) is 3.92. The lowest BCUT2D eigenvalue weighted by Gasteiger charge is -2.24. The average Bonchev–Trinajstić information content (AvgIpc) is 2.19. The van der Waals surface area contributed by atoms with Crippen LogP contribution in [0.25, 0.3) is 0 Å². The van der Waals surface area contributed by atoms with Crippen LogP contribution in [0, 0.1) is 0 Å². The van der Waals surface area contributed by atoms with Crippen LogP contribution in [0.5, 0.6) is 0 Å². The Balaban J connectivity index is 2.08. The minimum atomic E-state index is -0.120. The molecular weight excluding hydrogens is 178 g/mol. The number of anilines is 1. The van der Waals surface area contributed by atoms with Crippen LogP contribution in [0.3, 0.4) is 0 Å². The molecule has 4 nitrogen and oxygen atoms in total. The van der Waals surface area contributed by atoms with E-state index in [1.165, 1.54) is 0 Å². The highest BCUT2D eigenvalue weighted by atomic mass is 16.3. The van der Waals surface area contributed by atoms with Crippen LogP contribution in [0.2, 0.25) is 0 Å². The van der Waals surface area contributed by atoms with Gasteiger partial charge < -0.3 is 10.8 Å². The van der Waals surface area contributed by atoms with Crippen molar-refractivity contribution in [2.75, 3.05) is 5.73 Å². The van der Waals surface area contributed by atoms with Gasteiger partial charge in [-0.25, -0.2) is 9.97 Å². The van der Waals surface area contributed by atoms with Gasteiger partial charge >= 0.3 is 0 Å². The smallest absolute Gasteiger partial charge is 0.220 e. The molecule has 0 radical (unpaired) electrons. The maximum atomic E-state index is 9.37. The average molecular weight is 193 g/mol. The molecule has 0 unspecified atom stereocenters. The molecule has 3 N–H and O–H groups in total. The normalized spacial score (nSPS) is 27.5. The lowest BCUT2D eigenvalue weighted by molar-refractivity contribution is 0.122. The first-order valence-electron chi connectivity index (χ1n) is 5.02. The fourth-order valence-electron chi connectivity index (χ4n) is 1.99. The van der Waals surface area contributed by atoms with Crippen molar-refractivity contribution < 1.29 is 5.11 Å². The van der Waals surface area contributed by atoms with E-state index in [0.29, 0.717) is 11.9 Å². The standard InChI is InChI=1S/C10H15N3O/c11-10-12-6-5-9(13-10)7-1-3-8(14)4-2-7/h5-8,14H,1-4H2,(H2,11,12,13). The molecule has 0 amide bonds. The summed E-state index contributed by atoms with van der Waals surface area (Å²) in [7, 11) is 0. The largest absolute Gasteiger partial charge is 0.393 e. The Morgan fingerprint density at radius 2 is 2.00 bits per heavy atom. The van der Waals surface area contributed by atoms with Crippen LogP contribution in [0.4, 0.5) is 5.95 Å². The van der Waals surface area contributed by atoms with Crippen LogP contribution in [-0.2, 0) is 0 Å². The summed E-state index contributed by atoms with van der Waals surface area (Å²) < 4.78 is 0. The second-order valence-corrected chi connectivity index (χ2v) is 3.85. The Kier molecular flexibility index (Phi) is 2.63. The van der Waals surface area contributed by atoms with Crippen molar-refractivity contribution in [3.8, 4) is 0 Å². The number of nitrogens with two attached hydrogens (primary N) is 1. The van der Waals surface area contributed by atoms with Crippen molar-refractivity contribution in [3.63, 3.8) is 0 Å². The lowest BCUT2D eigenvalue weighted by Crippen LogP contribution is -2.18. The van der Waals surface area contributed by atoms with Crippen LogP contribution in [-0.4, -0.2) is 21.2 Å². The van der Waals surface area contributed by atoms with Crippen LogP contribution < -0.4 is 5.73 Å². The molecular formula is C10H15N3O. The first kappa shape index (κ1) is 9.40. The van der Waals surface area contributed by atoms with Gasteiger partial charge in [-0.2, -0.15) is 0 Å². The predicted octanol–water partition coefficient (Wildman–Crippen LogP) is 1.08. The van der Waals surface area contributed by atoms with Gasteiger partial charge in [0, 0.05) is 17.8 Å². The summed E-state index contributed by atoms with van der Waals surface area (Å²) in [6.07, 6.45) is 5.31. The molecule has 0 saturated heterocycles. The van der Waals surface area contributed by atoms with Crippen molar-refractivity contribution >= 4 is 5.95 Å². The maximum absolute atomic E-state index is 9.37. The molecule has 1 aliphatic carbocycles. The number of aliphatic hydroxyl groups is 1. The number of hydrogen-bond donors (Lipinski definition) is 2. The molecule has 0 spiro atoms. The van der Waals surface area contributed by atoms with Gasteiger partial charge in [0.05, 0.1) is 6.10 Å². The van der Waals surface area contributed by atoms with E-state index < -0.39 is 0 Å². The Labute approximate surface area is 83.2 Å². The van der Waals surface area contributed by atoms with Gasteiger partial charge in [0.2, 0.25) is 5.95 Å². The van der Waals surface area contributed by atoms with E-state index in [4.69, 9.17) is 5.73 Å². The van der Waals surface area contributed by atoms with Crippen molar-refractivity contribution in [1.82, 2.24) is 9.97 Å². The Bertz CT molecular complexity index is 308. The van der Waals surface area contributed by atoms with Crippen molar-refractivity contribution in [3.05, 3.63) is 18.0 Å². The second-order valence-electron chi connectivity index (χ2n) is 3.85. The molecule has 4 heteroatoms. The van der Waals surface area contributed by atoms with Crippen LogP contribution >= 0.6 is 0 Å². The third-order valence-corrected chi connectivity index (χ3v) is 2.81. The highest BCUT2D eigenvalue weighted by molar-refractivity contribution is 5.20. The summed E-state index contributed by atoms with van der Waals surface area (Å²) in [5, 5.41) is 9.37. The number of hydrogen-bond acceptors (Lipinski definition) is 4. The summed E-state index contributed by atoms with van der Waals surface area (Å²) in [4.78, 5) is 8.07. The number of aromatic nitrogens is 2. The molecule has 0 atom stereocenters. The molecule has 1 saturated carbocycles. The quantitative estimate of drug-likeness (QED) is 0.700. The van der Waals surface area contributed by atoms with Gasteiger partial charge in [-0.1, -0.05) is 0 Å². The number of aliphatic hydroxyl groups excluding tert-OH is 1. The summed E-state index contributed by atoms with van der Waals surface area (Å²) in [6, 6.07) is 1.92. The van der Waals surface area contributed by atoms with E-state index in [0.717, 1.165) is 31.4 Å². The minimum absolute atomic E-state index is 0.120. The van der Waals surface area contributed by atoms with Gasteiger partial charge in [0.15, 0.2) is 0 Å². The summed E-state index contributed by atoms with van der Waals surface area (Å²) >= 11 is 0. The van der Waals surface area contributed by atoms with Crippen molar-refractivity contribution in [1.29, 1.82) is 0 Å². The summed E-state index contributed by atoms with van der Waals surface area (Å²) in [5.41, 5.74) is 6.54. The van der Waals surface area contributed by atoms with Crippen molar-refractivity contribution in [2.45, 2.75) is 37.7 Å². The fourth-order valence-corrected chi connectivity index (χ4v) is 1.99. The molecule has 14 heavy (non-hydrogen) atoms.